The first-order valence-electron chi connectivity index (χ1n) is 18.5. The summed E-state index contributed by atoms with van der Waals surface area (Å²) in [6, 6.07) is 38.8. The molecule has 55 heavy (non-hydrogen) atoms. The van der Waals surface area contributed by atoms with E-state index in [2.05, 4.69) is 21.5 Å². The average molecular weight is 760 g/mol. The van der Waals surface area contributed by atoms with Gasteiger partial charge in [0, 0.05) is 31.6 Å². The van der Waals surface area contributed by atoms with Crippen LogP contribution < -0.4 is 10.0 Å². The summed E-state index contributed by atoms with van der Waals surface area (Å²) in [4.78, 5) is 15.9. The van der Waals surface area contributed by atoms with Crippen LogP contribution in [0.3, 0.4) is 0 Å². The minimum Gasteiger partial charge on any atom is -0.392 e. The number of sulfonamides is 1. The fraction of sp³-hybridized carbons (Fsp3) is 0.267. The fourth-order valence-corrected chi connectivity index (χ4v) is 7.89. The molecule has 5 aromatic carbocycles. The Labute approximate surface area is 324 Å². The first-order valence-corrected chi connectivity index (χ1v) is 20.0. The Balaban J connectivity index is 1.14. The zero-order valence-corrected chi connectivity index (χ0v) is 32.1. The number of carbonyl (C=O) groups is 1. The number of nitrogens with one attached hydrogen (secondary N) is 2. The summed E-state index contributed by atoms with van der Waals surface area (Å²) in [5, 5.41) is 12.5. The lowest BCUT2D eigenvalue weighted by Crippen LogP contribution is -2.47. The lowest BCUT2D eigenvalue weighted by atomic mass is 9.99. The first-order chi connectivity index (χ1) is 26.6. The zero-order valence-electron chi connectivity index (χ0n) is 31.3. The maximum Gasteiger partial charge on any atom is 0.241 e. The van der Waals surface area contributed by atoms with E-state index in [1.54, 1.807) is 24.3 Å². The van der Waals surface area contributed by atoms with E-state index in [4.69, 9.17) is 9.47 Å². The number of nitrogens with zero attached hydrogens (tertiary/aromatic N) is 1. The number of hydrogen-bond donors (Lipinski definition) is 3. The molecule has 1 saturated heterocycles. The van der Waals surface area contributed by atoms with Crippen molar-refractivity contribution in [3.63, 3.8) is 0 Å². The van der Waals surface area contributed by atoms with Crippen molar-refractivity contribution in [1.29, 1.82) is 0 Å². The number of carbonyl (C=O) groups excluding carboxylic acids is 1. The number of aliphatic hydroxyl groups excluding tert-OH is 1. The number of benzene rings is 5. The van der Waals surface area contributed by atoms with Gasteiger partial charge in [-0.2, -0.15) is 4.72 Å². The average Bonchev–Trinajstić information content (AvgIpc) is 3.20. The maximum absolute atomic E-state index is 13.6. The summed E-state index contributed by atoms with van der Waals surface area (Å²) in [5.74, 6) is -0.418. The van der Waals surface area contributed by atoms with Crippen LogP contribution in [-0.4, -0.2) is 56.6 Å². The summed E-state index contributed by atoms with van der Waals surface area (Å²) in [6.07, 6.45) is 1.96. The normalized spacial score (nSPS) is 17.8. The lowest BCUT2D eigenvalue weighted by Gasteiger charge is -2.37. The van der Waals surface area contributed by atoms with Gasteiger partial charge in [-0.15, -0.1) is 6.58 Å². The molecule has 0 spiro atoms. The van der Waals surface area contributed by atoms with E-state index in [0.717, 1.165) is 57.6 Å². The Morgan fingerprint density at radius 2 is 1.55 bits per heavy atom. The summed E-state index contributed by atoms with van der Waals surface area (Å²) in [5.41, 5.74) is 7.40. The van der Waals surface area contributed by atoms with Crippen molar-refractivity contribution in [3.8, 4) is 11.1 Å². The molecule has 4 atom stereocenters. The van der Waals surface area contributed by atoms with Gasteiger partial charge in [0.15, 0.2) is 6.29 Å². The molecule has 0 aliphatic carbocycles. The van der Waals surface area contributed by atoms with Gasteiger partial charge in [-0.3, -0.25) is 4.79 Å². The third-order valence-electron chi connectivity index (χ3n) is 9.71. The van der Waals surface area contributed by atoms with Crippen LogP contribution in [0, 0.1) is 6.92 Å². The van der Waals surface area contributed by atoms with E-state index in [-0.39, 0.29) is 36.7 Å². The SMILES string of the molecule is C=CCN(C)CC1CC(c2ccc(CO)cc2)OC(c2ccc(-c3cccc(CNC(=O)C(Cc4ccccc4)NS(=O)(=O)c4ccc(C)cc4)c3)cc2)O1. The number of likely N-dealkylation sites (N-methyl/N-ethyl adjacent to an activating group) is 1. The molecule has 10 heteroatoms. The van der Waals surface area contributed by atoms with Gasteiger partial charge in [0.25, 0.3) is 0 Å². The van der Waals surface area contributed by atoms with Crippen LogP contribution in [0.5, 0.6) is 0 Å². The molecule has 0 bridgehead atoms. The van der Waals surface area contributed by atoms with E-state index in [1.165, 1.54) is 0 Å². The molecule has 1 fully saturated rings. The second kappa shape index (κ2) is 18.6. The standard InChI is InChI=1S/C45H49N3O6S/c1-4-25-48(3)30-40-28-43(37-17-15-34(31-49)16-18-37)54-45(53-40)38-21-19-36(20-22-38)39-12-8-11-35(26-39)29-46-44(50)42(27-33-9-6-5-7-10-33)47-55(51,52)41-23-13-32(2)14-24-41/h4-24,26,40,42-43,45,47,49H,1,25,27-31H2,2-3H3,(H,46,50). The van der Waals surface area contributed by atoms with E-state index < -0.39 is 28.3 Å². The molecule has 0 saturated carbocycles. The lowest BCUT2D eigenvalue weighted by molar-refractivity contribution is -0.252. The van der Waals surface area contributed by atoms with E-state index in [9.17, 15) is 18.3 Å². The largest absolute Gasteiger partial charge is 0.392 e. The number of amides is 1. The van der Waals surface area contributed by atoms with Crippen molar-refractivity contribution >= 4 is 15.9 Å². The summed E-state index contributed by atoms with van der Waals surface area (Å²) >= 11 is 0. The molecule has 1 heterocycles. The van der Waals surface area contributed by atoms with Crippen molar-refractivity contribution in [1.82, 2.24) is 14.9 Å². The molecule has 9 nitrogen and oxygen atoms in total. The molecule has 0 radical (unpaired) electrons. The van der Waals surface area contributed by atoms with Gasteiger partial charge in [0.1, 0.15) is 6.04 Å². The molecule has 5 aromatic rings. The zero-order chi connectivity index (χ0) is 38.8. The molecule has 3 N–H and O–H groups in total. The summed E-state index contributed by atoms with van der Waals surface area (Å²) in [6.45, 7) is 7.44. The Morgan fingerprint density at radius 1 is 0.855 bits per heavy atom. The van der Waals surface area contributed by atoms with Gasteiger partial charge in [0.2, 0.25) is 15.9 Å². The smallest absolute Gasteiger partial charge is 0.241 e. The highest BCUT2D eigenvalue weighted by Crippen LogP contribution is 2.38. The highest BCUT2D eigenvalue weighted by atomic mass is 32.2. The molecule has 0 aromatic heterocycles. The van der Waals surface area contributed by atoms with Gasteiger partial charge in [0.05, 0.1) is 23.7 Å². The summed E-state index contributed by atoms with van der Waals surface area (Å²) < 4.78 is 42.3. The van der Waals surface area contributed by atoms with Crippen LogP contribution in [0.2, 0.25) is 0 Å². The molecule has 4 unspecified atom stereocenters. The van der Waals surface area contributed by atoms with Gasteiger partial charge in [-0.1, -0.05) is 121 Å². The van der Waals surface area contributed by atoms with Crippen molar-refractivity contribution < 1.29 is 27.8 Å². The van der Waals surface area contributed by atoms with Crippen molar-refractivity contribution in [2.75, 3.05) is 20.1 Å². The quantitative estimate of drug-likeness (QED) is 0.0927. The van der Waals surface area contributed by atoms with Gasteiger partial charge in [-0.05, 0) is 72.0 Å². The van der Waals surface area contributed by atoms with Crippen LogP contribution in [0.25, 0.3) is 11.1 Å². The van der Waals surface area contributed by atoms with Gasteiger partial charge < -0.3 is 24.8 Å². The second-order valence-corrected chi connectivity index (χ2v) is 15.8. The third-order valence-corrected chi connectivity index (χ3v) is 11.2. The maximum atomic E-state index is 13.6. The van der Waals surface area contributed by atoms with Gasteiger partial charge in [-0.25, -0.2) is 8.42 Å². The third kappa shape index (κ3) is 10.9. The summed E-state index contributed by atoms with van der Waals surface area (Å²) in [7, 11) is -1.91. The predicted octanol–water partition coefficient (Wildman–Crippen LogP) is 7.02. The van der Waals surface area contributed by atoms with Crippen LogP contribution in [0.4, 0.5) is 0 Å². The fourth-order valence-electron chi connectivity index (χ4n) is 6.69. The molecular weight excluding hydrogens is 711 g/mol. The molecule has 286 valence electrons. The van der Waals surface area contributed by atoms with Crippen LogP contribution in [-0.2, 0) is 43.9 Å². The molecule has 1 amide bonds. The molecule has 6 rings (SSSR count). The predicted molar refractivity (Wildman–Crippen MR) is 215 cm³/mol. The molecule has 1 aliphatic rings. The van der Waals surface area contributed by atoms with Crippen molar-refractivity contribution in [3.05, 3.63) is 173 Å². The van der Waals surface area contributed by atoms with E-state index in [0.29, 0.717) is 6.42 Å². The first kappa shape index (κ1) is 39.7. The Kier molecular flexibility index (Phi) is 13.4. The number of aryl methyl sites for hydroxylation is 1. The van der Waals surface area contributed by atoms with E-state index in [1.807, 2.05) is 123 Å². The minimum atomic E-state index is -3.95. The highest BCUT2D eigenvalue weighted by molar-refractivity contribution is 7.89. The Morgan fingerprint density at radius 3 is 2.24 bits per heavy atom. The topological polar surface area (TPSA) is 117 Å². The second-order valence-electron chi connectivity index (χ2n) is 14.1. The van der Waals surface area contributed by atoms with Crippen LogP contribution >= 0.6 is 0 Å². The number of ether oxygens (including phenoxy) is 2. The molecule has 1 aliphatic heterocycles. The van der Waals surface area contributed by atoms with Gasteiger partial charge >= 0.3 is 0 Å². The molecular formula is C45H49N3O6S. The van der Waals surface area contributed by atoms with Crippen molar-refractivity contribution in [2.24, 2.45) is 0 Å². The number of hydrogen-bond acceptors (Lipinski definition) is 7. The van der Waals surface area contributed by atoms with Crippen molar-refractivity contribution in [2.45, 2.75) is 62.4 Å². The van der Waals surface area contributed by atoms with E-state index >= 15 is 0 Å². The Bertz CT molecular complexity index is 2120. The highest BCUT2D eigenvalue weighted by Gasteiger charge is 2.33. The van der Waals surface area contributed by atoms with Crippen LogP contribution in [0.15, 0.2) is 145 Å². The monoisotopic (exact) mass is 759 g/mol. The minimum absolute atomic E-state index is 0.00941. The number of aliphatic hydroxyl groups is 1. The number of rotatable bonds is 16. The van der Waals surface area contributed by atoms with Crippen LogP contribution in [0.1, 0.15) is 52.2 Å². The Hall–Kier alpha value is -4.94.